The summed E-state index contributed by atoms with van der Waals surface area (Å²) in [5.74, 6) is 0.693. The van der Waals surface area contributed by atoms with E-state index in [9.17, 15) is 0 Å². The zero-order chi connectivity index (χ0) is 23.3. The van der Waals surface area contributed by atoms with Crippen molar-refractivity contribution >= 4 is 45.0 Å². The molecule has 34 heavy (non-hydrogen) atoms. The second-order valence-corrected chi connectivity index (χ2v) is 9.82. The number of aryl methyl sites for hydroxylation is 1. The van der Waals surface area contributed by atoms with E-state index in [-0.39, 0.29) is 0 Å². The van der Waals surface area contributed by atoms with Crippen molar-refractivity contribution in [3.05, 3.63) is 58.5 Å². The summed E-state index contributed by atoms with van der Waals surface area (Å²) in [5, 5.41) is 0. The van der Waals surface area contributed by atoms with Crippen molar-refractivity contribution in [2.24, 2.45) is 10.7 Å². The van der Waals surface area contributed by atoms with Crippen molar-refractivity contribution in [2.45, 2.75) is 13.5 Å². The molecule has 0 radical (unpaired) electrons. The predicted octanol–water partition coefficient (Wildman–Crippen LogP) is 3.98. The minimum atomic E-state index is 0.685. The van der Waals surface area contributed by atoms with E-state index < -0.39 is 0 Å². The third-order valence-corrected chi connectivity index (χ3v) is 7.28. The molecule has 2 fully saturated rings. The van der Waals surface area contributed by atoms with Crippen molar-refractivity contribution in [3.8, 4) is 0 Å². The standard InChI is InChI=1S/C26H31N5O2S/c1-19-3-2-4-20(15-19)22(27)5-6-28-25-17-24(31-9-13-33-14-10-31)26-23(29-25)16-21(34-26)18-30-7-11-32-12-8-30/h2-6,15-17H,7-14,18,27H2,1H3/b22-5-,28-6?. The molecule has 8 heteroatoms. The topological polar surface area (TPSA) is 76.2 Å². The molecule has 2 aliphatic rings. The molecule has 0 atom stereocenters. The van der Waals surface area contributed by atoms with E-state index in [2.05, 4.69) is 46.0 Å². The van der Waals surface area contributed by atoms with Gasteiger partial charge in [0.1, 0.15) is 0 Å². The van der Waals surface area contributed by atoms with Gasteiger partial charge in [-0.25, -0.2) is 9.98 Å². The van der Waals surface area contributed by atoms with Crippen LogP contribution in [0.15, 0.2) is 47.5 Å². The second kappa shape index (κ2) is 10.7. The molecule has 0 aliphatic carbocycles. The van der Waals surface area contributed by atoms with Gasteiger partial charge in [-0.1, -0.05) is 23.8 Å². The summed E-state index contributed by atoms with van der Waals surface area (Å²) in [7, 11) is 0. The average molecular weight is 478 g/mol. The summed E-state index contributed by atoms with van der Waals surface area (Å²) in [6, 6.07) is 12.5. The van der Waals surface area contributed by atoms with Crippen LogP contribution in [0.5, 0.6) is 0 Å². The Morgan fingerprint density at radius 2 is 1.85 bits per heavy atom. The zero-order valence-electron chi connectivity index (χ0n) is 19.6. The molecule has 2 N–H and O–H groups in total. The highest BCUT2D eigenvalue weighted by Gasteiger charge is 2.19. The summed E-state index contributed by atoms with van der Waals surface area (Å²) in [6.07, 6.45) is 3.59. The number of ether oxygens (including phenoxy) is 2. The molecule has 178 valence electrons. The number of benzene rings is 1. The van der Waals surface area contributed by atoms with E-state index in [0.29, 0.717) is 11.5 Å². The number of aromatic nitrogens is 1. The highest BCUT2D eigenvalue weighted by atomic mass is 32.1. The largest absolute Gasteiger partial charge is 0.398 e. The van der Waals surface area contributed by atoms with Crippen LogP contribution in [-0.4, -0.2) is 68.7 Å². The van der Waals surface area contributed by atoms with Gasteiger partial charge in [0.25, 0.3) is 0 Å². The van der Waals surface area contributed by atoms with Gasteiger partial charge in [0.15, 0.2) is 5.82 Å². The van der Waals surface area contributed by atoms with Crippen LogP contribution >= 0.6 is 11.3 Å². The second-order valence-electron chi connectivity index (χ2n) is 8.68. The third-order valence-electron chi connectivity index (χ3n) is 6.14. The lowest BCUT2D eigenvalue weighted by Gasteiger charge is -2.29. The Hall–Kier alpha value is -2.78. The Morgan fingerprint density at radius 3 is 2.62 bits per heavy atom. The van der Waals surface area contributed by atoms with Gasteiger partial charge in [-0.05, 0) is 30.7 Å². The number of fused-ring (bicyclic) bond motifs is 1. The fourth-order valence-corrected chi connectivity index (χ4v) is 5.50. The number of thiophene rings is 1. The Morgan fingerprint density at radius 1 is 1.09 bits per heavy atom. The van der Waals surface area contributed by atoms with Crippen LogP contribution in [-0.2, 0) is 16.0 Å². The van der Waals surface area contributed by atoms with E-state index in [4.69, 9.17) is 20.2 Å². The molecule has 0 saturated carbocycles. The SMILES string of the molecule is Cc1cccc(/C(N)=C/C=Nc2cc(N3CCOCC3)c3sc(CN4CCOCC4)cc3n2)c1. The molecule has 0 bridgehead atoms. The van der Waals surface area contributed by atoms with Gasteiger partial charge < -0.3 is 20.1 Å². The van der Waals surface area contributed by atoms with Gasteiger partial charge in [0, 0.05) is 55.6 Å². The maximum Gasteiger partial charge on any atom is 0.154 e. The number of rotatable bonds is 6. The number of anilines is 1. The van der Waals surface area contributed by atoms with Gasteiger partial charge in [-0.2, -0.15) is 0 Å². The highest BCUT2D eigenvalue weighted by Crippen LogP contribution is 2.37. The first kappa shape index (κ1) is 23.0. The van der Waals surface area contributed by atoms with Crippen molar-refractivity contribution in [1.82, 2.24) is 9.88 Å². The van der Waals surface area contributed by atoms with Crippen molar-refractivity contribution in [2.75, 3.05) is 57.5 Å². The zero-order valence-corrected chi connectivity index (χ0v) is 20.4. The summed E-state index contributed by atoms with van der Waals surface area (Å²) in [5.41, 5.74) is 11.3. The molecule has 2 saturated heterocycles. The molecule has 4 heterocycles. The molecule has 3 aromatic rings. The van der Waals surface area contributed by atoms with E-state index in [1.165, 1.54) is 20.8 Å². The van der Waals surface area contributed by atoms with E-state index in [0.717, 1.165) is 70.2 Å². The molecule has 1 aromatic carbocycles. The number of aliphatic imine (C=N–C) groups is 1. The number of allylic oxidation sites excluding steroid dienone is 1. The van der Waals surface area contributed by atoms with Crippen molar-refractivity contribution < 1.29 is 9.47 Å². The van der Waals surface area contributed by atoms with Gasteiger partial charge >= 0.3 is 0 Å². The van der Waals surface area contributed by atoms with Crippen molar-refractivity contribution in [3.63, 3.8) is 0 Å². The molecule has 2 aliphatic heterocycles. The van der Waals surface area contributed by atoms with Gasteiger partial charge in [-0.3, -0.25) is 4.90 Å². The quantitative estimate of drug-likeness (QED) is 0.542. The van der Waals surface area contributed by atoms with E-state index in [1.54, 1.807) is 6.21 Å². The Balaban J connectivity index is 1.43. The lowest BCUT2D eigenvalue weighted by molar-refractivity contribution is 0.0346. The van der Waals surface area contributed by atoms with E-state index in [1.807, 2.05) is 29.5 Å². The lowest BCUT2D eigenvalue weighted by Crippen LogP contribution is -2.36. The number of morpholine rings is 2. The van der Waals surface area contributed by atoms with Crippen molar-refractivity contribution in [1.29, 1.82) is 0 Å². The smallest absolute Gasteiger partial charge is 0.154 e. The van der Waals surface area contributed by atoms with Crippen LogP contribution in [0.4, 0.5) is 11.5 Å². The predicted molar refractivity (Wildman–Crippen MR) is 140 cm³/mol. The molecule has 0 amide bonds. The fraction of sp³-hybridized carbons (Fsp3) is 0.385. The Kier molecular flexibility index (Phi) is 7.20. The number of nitrogens with zero attached hydrogens (tertiary/aromatic N) is 4. The lowest BCUT2D eigenvalue weighted by atomic mass is 10.1. The molecular weight excluding hydrogens is 446 g/mol. The van der Waals surface area contributed by atoms with E-state index >= 15 is 0 Å². The van der Waals surface area contributed by atoms with Crippen LogP contribution < -0.4 is 10.6 Å². The minimum absolute atomic E-state index is 0.685. The third kappa shape index (κ3) is 5.47. The van der Waals surface area contributed by atoms with Crippen LogP contribution in [0.3, 0.4) is 0 Å². The summed E-state index contributed by atoms with van der Waals surface area (Å²) in [6.45, 7) is 9.78. The monoisotopic (exact) mass is 477 g/mol. The Bertz CT molecular complexity index is 1190. The number of hydrogen-bond acceptors (Lipinski definition) is 8. The maximum absolute atomic E-state index is 6.27. The first-order chi connectivity index (χ1) is 16.7. The van der Waals surface area contributed by atoms with Gasteiger partial charge in [-0.15, -0.1) is 11.3 Å². The fourth-order valence-electron chi connectivity index (χ4n) is 4.32. The molecule has 2 aromatic heterocycles. The van der Waals surface area contributed by atoms with Crippen LogP contribution in [0.2, 0.25) is 0 Å². The molecule has 0 unspecified atom stereocenters. The maximum atomic E-state index is 6.27. The van der Waals surface area contributed by atoms with Crippen LogP contribution in [0, 0.1) is 6.92 Å². The molecular formula is C26H31N5O2S. The Labute approximate surface area is 204 Å². The molecule has 5 rings (SSSR count). The average Bonchev–Trinajstić information content (AvgIpc) is 3.27. The minimum Gasteiger partial charge on any atom is -0.398 e. The normalized spacial score (nSPS) is 18.3. The summed E-state index contributed by atoms with van der Waals surface area (Å²) in [4.78, 5) is 15.7. The van der Waals surface area contributed by atoms with Crippen LogP contribution in [0.25, 0.3) is 15.9 Å². The highest BCUT2D eigenvalue weighted by molar-refractivity contribution is 7.19. The summed E-state index contributed by atoms with van der Waals surface area (Å²) >= 11 is 1.84. The molecule has 0 spiro atoms. The first-order valence-electron chi connectivity index (χ1n) is 11.8. The summed E-state index contributed by atoms with van der Waals surface area (Å²) < 4.78 is 12.3. The van der Waals surface area contributed by atoms with Crippen LogP contribution in [0.1, 0.15) is 16.0 Å². The number of hydrogen-bond donors (Lipinski definition) is 1. The van der Waals surface area contributed by atoms with Gasteiger partial charge in [0.05, 0.1) is 42.3 Å². The molecule has 7 nitrogen and oxygen atoms in total. The first-order valence-corrected chi connectivity index (χ1v) is 12.6. The number of pyridine rings is 1. The number of nitrogens with two attached hydrogens (primary N) is 1. The van der Waals surface area contributed by atoms with Gasteiger partial charge in [0.2, 0.25) is 0 Å².